The van der Waals surface area contributed by atoms with Crippen LogP contribution in [0.15, 0.2) is 24.3 Å². The Balaban J connectivity index is 2.10. The summed E-state index contributed by atoms with van der Waals surface area (Å²) in [6.07, 6.45) is 2.77. The predicted octanol–water partition coefficient (Wildman–Crippen LogP) is 2.65. The molecule has 1 aromatic rings. The molecule has 0 bridgehead atoms. The van der Waals surface area contributed by atoms with Gasteiger partial charge in [-0.2, -0.15) is 0 Å². The average Bonchev–Trinajstić information content (AvgIpc) is 3.20. The Hall–Kier alpha value is -1.30. The second-order valence-electron chi connectivity index (χ2n) is 5.58. The van der Waals surface area contributed by atoms with Crippen molar-refractivity contribution in [1.29, 1.82) is 0 Å². The molecule has 0 amide bonds. The van der Waals surface area contributed by atoms with E-state index in [-0.39, 0.29) is 6.61 Å². The highest BCUT2D eigenvalue weighted by Gasteiger charge is 2.25. The standard InChI is InChI=1S/C17H23NO/c1-14(2)18(12-15-9-10-15)13-17-7-4-3-6-16(17)8-5-11-19/h3-4,6-7,14-15,19H,9-13H2,1-2H3. The van der Waals surface area contributed by atoms with Gasteiger partial charge in [-0.25, -0.2) is 0 Å². The van der Waals surface area contributed by atoms with Gasteiger partial charge in [-0.15, -0.1) is 0 Å². The minimum Gasteiger partial charge on any atom is -0.384 e. The largest absolute Gasteiger partial charge is 0.384 e. The molecule has 0 aliphatic heterocycles. The van der Waals surface area contributed by atoms with Crippen molar-refractivity contribution in [1.82, 2.24) is 4.90 Å². The number of aliphatic hydroxyl groups is 1. The van der Waals surface area contributed by atoms with E-state index in [9.17, 15) is 0 Å². The van der Waals surface area contributed by atoms with E-state index in [1.807, 2.05) is 12.1 Å². The third kappa shape index (κ3) is 4.38. The molecule has 2 nitrogen and oxygen atoms in total. The molecule has 0 radical (unpaired) electrons. The minimum atomic E-state index is -0.0791. The number of benzene rings is 1. The van der Waals surface area contributed by atoms with Gasteiger partial charge in [-0.3, -0.25) is 4.90 Å². The van der Waals surface area contributed by atoms with Gasteiger partial charge in [0.15, 0.2) is 0 Å². The fourth-order valence-corrected chi connectivity index (χ4v) is 2.22. The maximum atomic E-state index is 8.83. The lowest BCUT2D eigenvalue weighted by molar-refractivity contribution is 0.203. The van der Waals surface area contributed by atoms with Gasteiger partial charge in [0.2, 0.25) is 0 Å². The van der Waals surface area contributed by atoms with Crippen LogP contribution in [0.1, 0.15) is 37.8 Å². The lowest BCUT2D eigenvalue weighted by Crippen LogP contribution is -2.32. The maximum Gasteiger partial charge on any atom is 0.104 e. The van der Waals surface area contributed by atoms with Crippen LogP contribution in [-0.4, -0.2) is 29.2 Å². The molecule has 0 aromatic heterocycles. The van der Waals surface area contributed by atoms with E-state index in [1.165, 1.54) is 24.9 Å². The Morgan fingerprint density at radius 3 is 2.68 bits per heavy atom. The fraction of sp³-hybridized carbons (Fsp3) is 0.529. The topological polar surface area (TPSA) is 23.5 Å². The second kappa shape index (κ2) is 6.75. The number of rotatable bonds is 5. The highest BCUT2D eigenvalue weighted by molar-refractivity contribution is 5.41. The lowest BCUT2D eigenvalue weighted by Gasteiger charge is -2.27. The molecule has 19 heavy (non-hydrogen) atoms. The highest BCUT2D eigenvalue weighted by Crippen LogP contribution is 2.31. The van der Waals surface area contributed by atoms with Crippen LogP contribution in [0.5, 0.6) is 0 Å². The third-order valence-electron chi connectivity index (χ3n) is 3.61. The zero-order chi connectivity index (χ0) is 13.7. The molecule has 2 rings (SSSR count). The summed E-state index contributed by atoms with van der Waals surface area (Å²) >= 11 is 0. The number of aliphatic hydroxyl groups excluding tert-OH is 1. The van der Waals surface area contributed by atoms with Gasteiger partial charge in [0.25, 0.3) is 0 Å². The zero-order valence-corrected chi connectivity index (χ0v) is 11.9. The summed E-state index contributed by atoms with van der Waals surface area (Å²) in [5, 5.41) is 8.83. The Kier molecular flexibility index (Phi) is 5.01. The van der Waals surface area contributed by atoms with Crippen molar-refractivity contribution in [3.8, 4) is 11.8 Å². The first-order chi connectivity index (χ1) is 9.20. The summed E-state index contributed by atoms with van der Waals surface area (Å²) in [5.41, 5.74) is 2.30. The van der Waals surface area contributed by atoms with Crippen LogP contribution < -0.4 is 0 Å². The van der Waals surface area contributed by atoms with Crippen LogP contribution in [-0.2, 0) is 6.54 Å². The number of nitrogens with zero attached hydrogens (tertiary/aromatic N) is 1. The summed E-state index contributed by atoms with van der Waals surface area (Å²) in [6, 6.07) is 8.80. The monoisotopic (exact) mass is 257 g/mol. The quantitative estimate of drug-likeness (QED) is 0.820. The molecule has 0 unspecified atom stereocenters. The van der Waals surface area contributed by atoms with E-state index < -0.39 is 0 Å². The van der Waals surface area contributed by atoms with Gasteiger partial charge in [0, 0.05) is 24.7 Å². The maximum absolute atomic E-state index is 8.83. The predicted molar refractivity (Wildman–Crippen MR) is 78.7 cm³/mol. The van der Waals surface area contributed by atoms with Crippen molar-refractivity contribution in [2.45, 2.75) is 39.3 Å². The molecule has 1 N–H and O–H groups in total. The van der Waals surface area contributed by atoms with Gasteiger partial charge in [-0.05, 0) is 44.2 Å². The molecule has 2 heteroatoms. The Morgan fingerprint density at radius 1 is 1.32 bits per heavy atom. The second-order valence-corrected chi connectivity index (χ2v) is 5.58. The van der Waals surface area contributed by atoms with Crippen LogP contribution in [0.3, 0.4) is 0 Å². The van der Waals surface area contributed by atoms with Gasteiger partial charge in [-0.1, -0.05) is 30.0 Å². The normalized spacial score (nSPS) is 14.6. The Morgan fingerprint density at radius 2 is 2.05 bits per heavy atom. The Bertz CT molecular complexity index is 466. The van der Waals surface area contributed by atoms with E-state index in [0.717, 1.165) is 18.0 Å². The molecule has 0 atom stereocenters. The van der Waals surface area contributed by atoms with Crippen molar-refractivity contribution in [2.24, 2.45) is 5.92 Å². The SMILES string of the molecule is CC(C)N(Cc1ccccc1C#CCO)CC1CC1. The smallest absolute Gasteiger partial charge is 0.104 e. The summed E-state index contributed by atoms with van der Waals surface area (Å²) < 4.78 is 0. The molecule has 0 heterocycles. The highest BCUT2D eigenvalue weighted by atomic mass is 16.2. The van der Waals surface area contributed by atoms with Crippen LogP contribution in [0.4, 0.5) is 0 Å². The van der Waals surface area contributed by atoms with Crippen LogP contribution in [0.2, 0.25) is 0 Å². The van der Waals surface area contributed by atoms with Gasteiger partial charge >= 0.3 is 0 Å². The molecule has 102 valence electrons. The van der Waals surface area contributed by atoms with Crippen LogP contribution in [0.25, 0.3) is 0 Å². The fourth-order valence-electron chi connectivity index (χ4n) is 2.22. The third-order valence-corrected chi connectivity index (χ3v) is 3.61. The van der Waals surface area contributed by atoms with Crippen molar-refractivity contribution in [3.05, 3.63) is 35.4 Å². The summed E-state index contributed by atoms with van der Waals surface area (Å²) in [5.74, 6) is 6.70. The van der Waals surface area contributed by atoms with Crippen LogP contribution in [0, 0.1) is 17.8 Å². The molecule has 0 saturated heterocycles. The first-order valence-corrected chi connectivity index (χ1v) is 7.12. The van der Waals surface area contributed by atoms with E-state index in [1.54, 1.807) is 0 Å². The summed E-state index contributed by atoms with van der Waals surface area (Å²) in [6.45, 7) is 6.57. The van der Waals surface area contributed by atoms with E-state index in [4.69, 9.17) is 5.11 Å². The zero-order valence-electron chi connectivity index (χ0n) is 11.9. The van der Waals surface area contributed by atoms with Crippen molar-refractivity contribution in [3.63, 3.8) is 0 Å². The average molecular weight is 257 g/mol. The van der Waals surface area contributed by atoms with E-state index in [2.05, 4.69) is 42.7 Å². The molecular formula is C17H23NO. The first kappa shape index (κ1) is 14.1. The molecule has 1 fully saturated rings. The summed E-state index contributed by atoms with van der Waals surface area (Å²) in [4.78, 5) is 2.52. The molecule has 1 saturated carbocycles. The van der Waals surface area contributed by atoms with E-state index in [0.29, 0.717) is 6.04 Å². The molecule has 1 aromatic carbocycles. The van der Waals surface area contributed by atoms with Crippen molar-refractivity contribution < 1.29 is 5.11 Å². The van der Waals surface area contributed by atoms with Crippen molar-refractivity contribution >= 4 is 0 Å². The lowest BCUT2D eigenvalue weighted by atomic mass is 10.1. The minimum absolute atomic E-state index is 0.0791. The van der Waals surface area contributed by atoms with Gasteiger partial charge in [0.05, 0.1) is 0 Å². The molecule has 1 aliphatic carbocycles. The van der Waals surface area contributed by atoms with Gasteiger partial charge in [0.1, 0.15) is 6.61 Å². The molecular weight excluding hydrogens is 234 g/mol. The molecule has 1 aliphatic rings. The summed E-state index contributed by atoms with van der Waals surface area (Å²) in [7, 11) is 0. The van der Waals surface area contributed by atoms with Crippen molar-refractivity contribution in [2.75, 3.05) is 13.2 Å². The number of hydrogen-bond acceptors (Lipinski definition) is 2. The van der Waals surface area contributed by atoms with E-state index >= 15 is 0 Å². The number of hydrogen-bond donors (Lipinski definition) is 1. The Labute approximate surface area is 116 Å². The van der Waals surface area contributed by atoms with Gasteiger partial charge < -0.3 is 5.11 Å². The first-order valence-electron chi connectivity index (χ1n) is 7.12. The van der Waals surface area contributed by atoms with Crippen LogP contribution >= 0.6 is 0 Å². The molecule has 0 spiro atoms.